The van der Waals surface area contributed by atoms with Crippen LogP contribution in [0.2, 0.25) is 0 Å². The van der Waals surface area contributed by atoms with Crippen LogP contribution in [0.15, 0.2) is 8.68 Å². The molecule has 38 heavy (non-hydrogen) atoms. The maximum Gasteiger partial charge on any atom is 0.177 e. The SMILES string of the molecule is CCCCCCCCCCCCSc1n[nH]c(=S)s1.CCCCCCCCCCCCSc1n[nH]c(=S)s1. The van der Waals surface area contributed by atoms with E-state index >= 15 is 0 Å². The second kappa shape index (κ2) is 27.4. The van der Waals surface area contributed by atoms with Gasteiger partial charge in [0.2, 0.25) is 0 Å². The average Bonchev–Trinajstić information content (AvgIpc) is 3.53. The lowest BCUT2D eigenvalue weighted by atomic mass is 10.1. The van der Waals surface area contributed by atoms with Gasteiger partial charge in [-0.05, 0) is 37.3 Å². The molecule has 0 atom stereocenters. The van der Waals surface area contributed by atoms with E-state index < -0.39 is 0 Å². The van der Waals surface area contributed by atoms with Crippen LogP contribution in [-0.2, 0) is 0 Å². The third kappa shape index (κ3) is 23.0. The zero-order valence-electron chi connectivity index (χ0n) is 23.9. The number of nitrogens with zero attached hydrogens (tertiary/aromatic N) is 2. The van der Waals surface area contributed by atoms with Crippen LogP contribution in [0.5, 0.6) is 0 Å². The molecule has 2 rings (SSSR count). The lowest BCUT2D eigenvalue weighted by Gasteiger charge is -2.01. The van der Waals surface area contributed by atoms with Gasteiger partial charge in [0.1, 0.15) is 0 Å². The summed E-state index contributed by atoms with van der Waals surface area (Å²) in [6, 6.07) is 0. The minimum Gasteiger partial charge on any atom is -0.257 e. The molecule has 2 heterocycles. The van der Waals surface area contributed by atoms with Crippen LogP contribution in [0.3, 0.4) is 0 Å². The van der Waals surface area contributed by atoms with E-state index in [9.17, 15) is 0 Å². The largest absolute Gasteiger partial charge is 0.257 e. The van der Waals surface area contributed by atoms with Crippen molar-refractivity contribution in [3.05, 3.63) is 7.91 Å². The van der Waals surface area contributed by atoms with Crippen LogP contribution in [-0.4, -0.2) is 31.9 Å². The topological polar surface area (TPSA) is 57.4 Å². The van der Waals surface area contributed by atoms with Crippen molar-refractivity contribution in [3.8, 4) is 0 Å². The molecule has 0 aromatic carbocycles. The van der Waals surface area contributed by atoms with Crippen LogP contribution in [0.1, 0.15) is 142 Å². The number of aromatic nitrogens is 4. The van der Waals surface area contributed by atoms with Crippen LogP contribution < -0.4 is 0 Å². The van der Waals surface area contributed by atoms with E-state index in [-0.39, 0.29) is 0 Å². The summed E-state index contributed by atoms with van der Waals surface area (Å²) in [4.78, 5) is 0. The van der Waals surface area contributed by atoms with Gasteiger partial charge in [0, 0.05) is 11.5 Å². The van der Waals surface area contributed by atoms with Crippen molar-refractivity contribution in [2.75, 3.05) is 11.5 Å². The monoisotopic (exact) mass is 636 g/mol. The summed E-state index contributed by atoms with van der Waals surface area (Å²) in [5.74, 6) is 2.35. The molecule has 0 aliphatic rings. The first-order valence-electron chi connectivity index (χ1n) is 15.0. The molecule has 0 amide bonds. The van der Waals surface area contributed by atoms with E-state index in [1.165, 1.54) is 140 Å². The van der Waals surface area contributed by atoms with E-state index in [0.717, 1.165) is 16.6 Å². The van der Waals surface area contributed by atoms with Crippen LogP contribution in [0.25, 0.3) is 0 Å². The van der Waals surface area contributed by atoms with Gasteiger partial charge in [0.05, 0.1) is 0 Å². The average molecular weight is 637 g/mol. The molecule has 2 aromatic rings. The zero-order chi connectivity index (χ0) is 27.5. The van der Waals surface area contributed by atoms with Crippen molar-refractivity contribution in [2.45, 2.75) is 151 Å². The predicted octanol–water partition coefficient (Wildman–Crippen LogP) is 12.4. The number of thioether (sulfide) groups is 2. The number of hydrogen-bond donors (Lipinski definition) is 2. The molecule has 0 saturated heterocycles. The second-order valence-electron chi connectivity index (χ2n) is 9.82. The molecule has 2 aromatic heterocycles. The Morgan fingerprint density at radius 2 is 0.789 bits per heavy atom. The first kappa shape index (κ1) is 36.3. The summed E-state index contributed by atoms with van der Waals surface area (Å²) in [6.07, 6.45) is 27.9. The van der Waals surface area contributed by atoms with Gasteiger partial charge in [-0.3, -0.25) is 10.2 Å². The fraction of sp³-hybridized carbons (Fsp3) is 0.857. The van der Waals surface area contributed by atoms with E-state index in [1.54, 1.807) is 22.7 Å². The standard InChI is InChI=1S/2C14H26N2S3/c2*1-2-3-4-5-6-7-8-9-10-11-12-18-14-16-15-13(17)19-14/h2*2-12H2,1H3,(H,15,17). The van der Waals surface area contributed by atoms with Crippen molar-refractivity contribution in [3.63, 3.8) is 0 Å². The highest BCUT2D eigenvalue weighted by Gasteiger charge is 1.99. The maximum atomic E-state index is 5.01. The molecule has 0 spiro atoms. The lowest BCUT2D eigenvalue weighted by molar-refractivity contribution is 0.563. The molecule has 0 aliphatic carbocycles. The number of H-pyrrole nitrogens is 2. The van der Waals surface area contributed by atoms with Crippen molar-refractivity contribution < 1.29 is 0 Å². The molecule has 0 unspecified atom stereocenters. The Balaban J connectivity index is 0.000000380. The van der Waals surface area contributed by atoms with Gasteiger partial charge in [0.15, 0.2) is 16.6 Å². The van der Waals surface area contributed by atoms with Gasteiger partial charge in [-0.1, -0.05) is 176 Å². The number of hydrogen-bond acceptors (Lipinski definition) is 8. The number of unbranched alkanes of at least 4 members (excludes halogenated alkanes) is 18. The summed E-state index contributed by atoms with van der Waals surface area (Å²) in [6.45, 7) is 4.55. The van der Waals surface area contributed by atoms with E-state index in [1.807, 2.05) is 23.5 Å². The molecule has 0 saturated carbocycles. The summed E-state index contributed by atoms with van der Waals surface area (Å²) in [5.41, 5.74) is 0. The normalized spacial score (nSPS) is 11.0. The van der Waals surface area contributed by atoms with E-state index in [4.69, 9.17) is 24.4 Å². The van der Waals surface area contributed by atoms with Crippen molar-refractivity contribution >= 4 is 70.6 Å². The third-order valence-electron chi connectivity index (χ3n) is 6.28. The van der Waals surface area contributed by atoms with E-state index in [2.05, 4.69) is 34.2 Å². The molecule has 2 N–H and O–H groups in total. The van der Waals surface area contributed by atoms with Gasteiger partial charge < -0.3 is 0 Å². The highest BCUT2D eigenvalue weighted by molar-refractivity contribution is 8.01. The smallest absolute Gasteiger partial charge is 0.177 e. The number of rotatable bonds is 24. The summed E-state index contributed by atoms with van der Waals surface area (Å²) < 4.78 is 3.73. The van der Waals surface area contributed by atoms with Gasteiger partial charge >= 0.3 is 0 Å². The predicted molar refractivity (Wildman–Crippen MR) is 180 cm³/mol. The minimum atomic E-state index is 0.783. The van der Waals surface area contributed by atoms with Crippen molar-refractivity contribution in [2.24, 2.45) is 0 Å². The molecule has 0 bridgehead atoms. The molecule has 4 nitrogen and oxygen atoms in total. The number of aromatic amines is 2. The molecule has 0 aliphatic heterocycles. The van der Waals surface area contributed by atoms with Crippen LogP contribution in [0.4, 0.5) is 0 Å². The Labute approximate surface area is 259 Å². The second-order valence-corrected chi connectivity index (χ2v) is 15.8. The van der Waals surface area contributed by atoms with Crippen molar-refractivity contribution in [1.29, 1.82) is 0 Å². The summed E-state index contributed by atoms with van der Waals surface area (Å²) in [7, 11) is 0. The molecular formula is C28H52N4S6. The Hall–Kier alpha value is 0.260. The molecule has 10 heteroatoms. The Bertz CT molecular complexity index is 789. The molecule has 220 valence electrons. The summed E-state index contributed by atoms with van der Waals surface area (Å²) >= 11 is 16.8. The van der Waals surface area contributed by atoms with Gasteiger partial charge in [-0.15, -0.1) is 0 Å². The quantitative estimate of drug-likeness (QED) is 0.0679. The highest BCUT2D eigenvalue weighted by Crippen LogP contribution is 2.23. The fourth-order valence-corrected chi connectivity index (χ4v) is 8.36. The third-order valence-corrected chi connectivity index (χ3v) is 10.9. The van der Waals surface area contributed by atoms with Gasteiger partial charge in [0.25, 0.3) is 0 Å². The molecule has 0 fully saturated rings. The zero-order valence-corrected chi connectivity index (χ0v) is 28.8. The fourth-order valence-electron chi connectivity index (χ4n) is 4.05. The Kier molecular flexibility index (Phi) is 26.2. The van der Waals surface area contributed by atoms with Crippen LogP contribution >= 0.6 is 70.6 Å². The van der Waals surface area contributed by atoms with Gasteiger partial charge in [-0.2, -0.15) is 10.2 Å². The maximum absolute atomic E-state index is 5.01. The Morgan fingerprint density at radius 1 is 0.500 bits per heavy atom. The summed E-state index contributed by atoms with van der Waals surface area (Å²) in [5, 5.41) is 13.9. The Morgan fingerprint density at radius 3 is 1.05 bits per heavy atom. The van der Waals surface area contributed by atoms with Crippen LogP contribution in [0, 0.1) is 7.91 Å². The first-order valence-corrected chi connectivity index (χ1v) is 19.4. The number of nitrogens with one attached hydrogen (secondary N) is 2. The highest BCUT2D eigenvalue weighted by atomic mass is 32.2. The molecular weight excluding hydrogens is 585 g/mol. The van der Waals surface area contributed by atoms with Gasteiger partial charge in [-0.25, -0.2) is 0 Å². The lowest BCUT2D eigenvalue weighted by Crippen LogP contribution is -1.84. The molecule has 0 radical (unpaired) electrons. The first-order chi connectivity index (χ1) is 18.7. The van der Waals surface area contributed by atoms with Crippen molar-refractivity contribution in [1.82, 2.24) is 20.4 Å². The van der Waals surface area contributed by atoms with E-state index in [0.29, 0.717) is 0 Å². The minimum absolute atomic E-state index is 0.783.